The van der Waals surface area contributed by atoms with Crippen LogP contribution in [-0.2, 0) is 22.6 Å². The van der Waals surface area contributed by atoms with Crippen molar-refractivity contribution >= 4 is 39.7 Å². The molecule has 0 saturated carbocycles. The summed E-state index contributed by atoms with van der Waals surface area (Å²) in [6, 6.07) is 14.5. The third kappa shape index (κ3) is 3.81. The lowest BCUT2D eigenvalue weighted by atomic mass is 10.1. The SMILES string of the molecule is O=C(Cc1n[nH]c(=O)c2ccccc12)OCc1csc(-c2ccccc2Cl)n1. The van der Waals surface area contributed by atoms with Crippen LogP contribution in [0.3, 0.4) is 0 Å². The summed E-state index contributed by atoms with van der Waals surface area (Å²) in [5.74, 6) is -0.447. The number of fused-ring (bicyclic) bond motifs is 1. The molecule has 1 N–H and O–H groups in total. The summed E-state index contributed by atoms with van der Waals surface area (Å²) in [7, 11) is 0. The summed E-state index contributed by atoms with van der Waals surface area (Å²) in [5, 5.41) is 10.8. The maximum atomic E-state index is 12.2. The minimum absolute atomic E-state index is 0.0429. The number of rotatable bonds is 5. The van der Waals surface area contributed by atoms with Gasteiger partial charge in [-0.1, -0.05) is 48.0 Å². The minimum Gasteiger partial charge on any atom is -0.459 e. The average molecular weight is 412 g/mol. The number of aromatic nitrogens is 3. The number of benzene rings is 2. The van der Waals surface area contributed by atoms with Gasteiger partial charge >= 0.3 is 5.97 Å². The van der Waals surface area contributed by atoms with E-state index in [4.69, 9.17) is 16.3 Å². The highest BCUT2D eigenvalue weighted by atomic mass is 35.5. The highest BCUT2D eigenvalue weighted by Gasteiger charge is 2.13. The van der Waals surface area contributed by atoms with Crippen LogP contribution in [0.5, 0.6) is 0 Å². The van der Waals surface area contributed by atoms with E-state index in [0.29, 0.717) is 27.2 Å². The molecule has 0 bridgehead atoms. The molecule has 2 aromatic heterocycles. The van der Waals surface area contributed by atoms with Crippen LogP contribution in [0.4, 0.5) is 0 Å². The zero-order valence-corrected chi connectivity index (χ0v) is 16.1. The van der Waals surface area contributed by atoms with E-state index in [9.17, 15) is 9.59 Å². The van der Waals surface area contributed by atoms with Crippen LogP contribution in [-0.4, -0.2) is 21.2 Å². The van der Waals surface area contributed by atoms with Gasteiger partial charge in [-0.3, -0.25) is 9.59 Å². The van der Waals surface area contributed by atoms with Gasteiger partial charge in [-0.05, 0) is 12.1 Å². The average Bonchev–Trinajstić information content (AvgIpc) is 3.18. The van der Waals surface area contributed by atoms with Gasteiger partial charge in [0.1, 0.15) is 11.6 Å². The normalized spacial score (nSPS) is 10.9. The molecule has 0 saturated heterocycles. The van der Waals surface area contributed by atoms with E-state index in [-0.39, 0.29) is 18.6 Å². The van der Waals surface area contributed by atoms with Gasteiger partial charge in [0.2, 0.25) is 0 Å². The van der Waals surface area contributed by atoms with Gasteiger partial charge in [0.25, 0.3) is 5.56 Å². The van der Waals surface area contributed by atoms with E-state index in [2.05, 4.69) is 15.2 Å². The fourth-order valence-electron chi connectivity index (χ4n) is 2.78. The first-order valence-corrected chi connectivity index (χ1v) is 9.69. The summed E-state index contributed by atoms with van der Waals surface area (Å²) >= 11 is 7.63. The summed E-state index contributed by atoms with van der Waals surface area (Å²) in [6.07, 6.45) is -0.0429. The highest BCUT2D eigenvalue weighted by Crippen LogP contribution is 2.30. The van der Waals surface area contributed by atoms with E-state index in [1.165, 1.54) is 11.3 Å². The molecule has 0 aliphatic carbocycles. The number of hydrogen-bond donors (Lipinski definition) is 1. The molecule has 140 valence electrons. The number of nitrogens with zero attached hydrogens (tertiary/aromatic N) is 2. The maximum Gasteiger partial charge on any atom is 0.312 e. The number of ether oxygens (including phenoxy) is 1. The molecule has 0 unspecified atom stereocenters. The molecule has 28 heavy (non-hydrogen) atoms. The van der Waals surface area contributed by atoms with Crippen LogP contribution in [0, 0.1) is 0 Å². The van der Waals surface area contributed by atoms with Crippen LogP contribution in [0.25, 0.3) is 21.3 Å². The van der Waals surface area contributed by atoms with E-state index in [0.717, 1.165) is 10.6 Å². The Morgan fingerprint density at radius 3 is 2.68 bits per heavy atom. The smallest absolute Gasteiger partial charge is 0.312 e. The first kappa shape index (κ1) is 18.3. The number of aromatic amines is 1. The van der Waals surface area contributed by atoms with Crippen LogP contribution in [0.1, 0.15) is 11.4 Å². The number of nitrogens with one attached hydrogen (secondary N) is 1. The van der Waals surface area contributed by atoms with Crippen LogP contribution >= 0.6 is 22.9 Å². The molecule has 4 aromatic rings. The van der Waals surface area contributed by atoms with Gasteiger partial charge in [0, 0.05) is 16.3 Å². The van der Waals surface area contributed by atoms with Crippen molar-refractivity contribution < 1.29 is 9.53 Å². The summed E-state index contributed by atoms with van der Waals surface area (Å²) in [4.78, 5) is 28.5. The Kier molecular flexibility index (Phi) is 5.18. The van der Waals surface area contributed by atoms with Gasteiger partial charge in [-0.15, -0.1) is 11.3 Å². The Hall–Kier alpha value is -3.03. The Balaban J connectivity index is 1.44. The van der Waals surface area contributed by atoms with Gasteiger partial charge in [-0.2, -0.15) is 5.10 Å². The van der Waals surface area contributed by atoms with Crippen molar-refractivity contribution in [3.05, 3.63) is 80.7 Å². The Morgan fingerprint density at radius 2 is 1.86 bits per heavy atom. The van der Waals surface area contributed by atoms with Gasteiger partial charge in [0.05, 0.1) is 28.2 Å². The van der Waals surface area contributed by atoms with E-state index >= 15 is 0 Å². The predicted molar refractivity (Wildman–Crippen MR) is 108 cm³/mol. The standard InChI is InChI=1S/C20H14ClN3O3S/c21-16-8-4-3-7-15(16)20-22-12(11-28-20)10-27-18(25)9-17-13-5-1-2-6-14(13)19(26)24-23-17/h1-8,11H,9-10H2,(H,24,26). The largest absolute Gasteiger partial charge is 0.459 e. The molecule has 4 rings (SSSR count). The monoisotopic (exact) mass is 411 g/mol. The zero-order chi connectivity index (χ0) is 19.5. The van der Waals surface area contributed by atoms with Crippen LogP contribution in [0.2, 0.25) is 5.02 Å². The van der Waals surface area contributed by atoms with Crippen molar-refractivity contribution in [1.82, 2.24) is 15.2 Å². The lowest BCUT2D eigenvalue weighted by Crippen LogP contribution is -2.15. The van der Waals surface area contributed by atoms with Gasteiger partial charge in [-0.25, -0.2) is 10.1 Å². The fraction of sp³-hybridized carbons (Fsp3) is 0.100. The highest BCUT2D eigenvalue weighted by molar-refractivity contribution is 7.13. The second-order valence-electron chi connectivity index (χ2n) is 6.01. The number of carbonyl (C=O) groups is 1. The zero-order valence-electron chi connectivity index (χ0n) is 14.5. The van der Waals surface area contributed by atoms with Gasteiger partial charge in [0.15, 0.2) is 0 Å². The summed E-state index contributed by atoms with van der Waals surface area (Å²) in [6.45, 7) is 0.0566. The molecule has 0 aliphatic rings. The number of esters is 1. The van der Waals surface area contributed by atoms with Crippen molar-refractivity contribution in [2.75, 3.05) is 0 Å². The number of halogens is 1. The Labute approximate surface area is 168 Å². The third-order valence-electron chi connectivity index (χ3n) is 4.12. The summed E-state index contributed by atoms with van der Waals surface area (Å²) < 4.78 is 5.33. The molecular weight excluding hydrogens is 398 g/mol. The first-order valence-electron chi connectivity index (χ1n) is 8.43. The second kappa shape index (κ2) is 7.92. The van der Waals surface area contributed by atoms with E-state index < -0.39 is 5.97 Å². The molecule has 0 fully saturated rings. The Bertz CT molecular complexity index is 1220. The molecule has 0 aliphatic heterocycles. The Morgan fingerprint density at radius 1 is 1.11 bits per heavy atom. The third-order valence-corrected chi connectivity index (χ3v) is 5.38. The van der Waals surface area contributed by atoms with Crippen LogP contribution < -0.4 is 5.56 Å². The van der Waals surface area contributed by atoms with E-state index in [1.54, 1.807) is 30.3 Å². The van der Waals surface area contributed by atoms with Crippen molar-refractivity contribution in [3.8, 4) is 10.6 Å². The molecule has 2 aromatic carbocycles. The summed E-state index contributed by atoms with van der Waals surface area (Å²) in [5.41, 5.74) is 1.67. The maximum absolute atomic E-state index is 12.2. The molecule has 0 amide bonds. The second-order valence-corrected chi connectivity index (χ2v) is 7.27. The molecule has 8 heteroatoms. The van der Waals surface area contributed by atoms with Crippen molar-refractivity contribution in [2.45, 2.75) is 13.0 Å². The number of carbonyl (C=O) groups excluding carboxylic acids is 1. The molecular formula is C20H14ClN3O3S. The topological polar surface area (TPSA) is 84.9 Å². The molecule has 6 nitrogen and oxygen atoms in total. The first-order chi connectivity index (χ1) is 13.6. The van der Waals surface area contributed by atoms with Gasteiger partial charge < -0.3 is 4.74 Å². The number of H-pyrrole nitrogens is 1. The van der Waals surface area contributed by atoms with Crippen molar-refractivity contribution in [1.29, 1.82) is 0 Å². The quantitative estimate of drug-likeness (QED) is 0.502. The molecule has 2 heterocycles. The number of hydrogen-bond acceptors (Lipinski definition) is 6. The molecule has 0 spiro atoms. The minimum atomic E-state index is -0.447. The van der Waals surface area contributed by atoms with Crippen molar-refractivity contribution in [3.63, 3.8) is 0 Å². The lowest BCUT2D eigenvalue weighted by molar-refractivity contribution is -0.144. The molecule has 0 radical (unpaired) electrons. The predicted octanol–water partition coefficient (Wildman–Crippen LogP) is 3.99. The lowest BCUT2D eigenvalue weighted by Gasteiger charge is -2.05. The van der Waals surface area contributed by atoms with Crippen LogP contribution in [0.15, 0.2) is 58.7 Å². The van der Waals surface area contributed by atoms with Crippen molar-refractivity contribution in [2.24, 2.45) is 0 Å². The number of thiazole rings is 1. The van der Waals surface area contributed by atoms with E-state index in [1.807, 2.05) is 23.6 Å². The molecule has 0 atom stereocenters. The fourth-order valence-corrected chi connectivity index (χ4v) is 3.90.